The van der Waals surface area contributed by atoms with Gasteiger partial charge in [0.2, 0.25) is 0 Å². The zero-order valence-electron chi connectivity index (χ0n) is 9.97. The Hall–Kier alpha value is -2.47. The van der Waals surface area contributed by atoms with Crippen molar-refractivity contribution in [1.82, 2.24) is 0 Å². The van der Waals surface area contributed by atoms with E-state index in [2.05, 4.69) is 12.1 Å². The Labute approximate surface area is 106 Å². The number of ether oxygens (including phenoxy) is 1. The minimum Gasteiger partial charge on any atom is -0.491 e. The van der Waals surface area contributed by atoms with Crippen LogP contribution < -0.4 is 10.5 Å². The average Bonchev–Trinajstić information content (AvgIpc) is 2.42. The number of rotatable bonds is 4. The van der Waals surface area contributed by atoms with Crippen molar-refractivity contribution in [3.8, 4) is 11.8 Å². The third-order valence-corrected chi connectivity index (χ3v) is 2.63. The molecule has 0 radical (unpaired) electrons. The molecule has 0 saturated carbocycles. The predicted octanol–water partition coefficient (Wildman–Crippen LogP) is 2.76. The van der Waals surface area contributed by atoms with E-state index in [1.54, 1.807) is 18.2 Å². The molecule has 0 spiro atoms. The maximum atomic E-state index is 8.73. The Morgan fingerprint density at radius 3 is 2.56 bits per heavy atom. The van der Waals surface area contributed by atoms with Crippen LogP contribution >= 0.6 is 0 Å². The molecule has 0 atom stereocenters. The summed E-state index contributed by atoms with van der Waals surface area (Å²) >= 11 is 0. The van der Waals surface area contributed by atoms with Crippen LogP contribution in [0.2, 0.25) is 0 Å². The fourth-order valence-corrected chi connectivity index (χ4v) is 1.67. The van der Waals surface area contributed by atoms with Crippen molar-refractivity contribution in [3.63, 3.8) is 0 Å². The summed E-state index contributed by atoms with van der Waals surface area (Å²) in [6.45, 7) is 0.570. The van der Waals surface area contributed by atoms with Gasteiger partial charge < -0.3 is 10.5 Å². The summed E-state index contributed by atoms with van der Waals surface area (Å²) in [5.41, 5.74) is 8.07. The van der Waals surface area contributed by atoms with E-state index in [-0.39, 0.29) is 0 Å². The van der Waals surface area contributed by atoms with Crippen LogP contribution in [0.25, 0.3) is 0 Å². The van der Waals surface area contributed by atoms with Gasteiger partial charge in [-0.1, -0.05) is 30.3 Å². The van der Waals surface area contributed by atoms with E-state index in [4.69, 9.17) is 15.7 Å². The molecule has 0 heterocycles. The molecule has 0 bridgehead atoms. The lowest BCUT2D eigenvalue weighted by Crippen LogP contribution is -2.03. The van der Waals surface area contributed by atoms with Gasteiger partial charge in [-0.25, -0.2) is 0 Å². The molecule has 2 aromatic rings. The average molecular weight is 238 g/mol. The first-order valence-corrected chi connectivity index (χ1v) is 5.76. The number of nitrogens with two attached hydrogens (primary N) is 1. The summed E-state index contributed by atoms with van der Waals surface area (Å²) in [6.07, 6.45) is 0.834. The third kappa shape index (κ3) is 3.02. The van der Waals surface area contributed by atoms with Crippen molar-refractivity contribution >= 4 is 5.69 Å². The smallest absolute Gasteiger partial charge is 0.142 e. The van der Waals surface area contributed by atoms with Crippen molar-refractivity contribution < 1.29 is 4.74 Å². The van der Waals surface area contributed by atoms with Crippen LogP contribution in [-0.2, 0) is 6.42 Å². The molecule has 3 heteroatoms. The van der Waals surface area contributed by atoms with Gasteiger partial charge in [-0.2, -0.15) is 5.26 Å². The van der Waals surface area contributed by atoms with Crippen molar-refractivity contribution in [2.75, 3.05) is 12.3 Å². The fourth-order valence-electron chi connectivity index (χ4n) is 1.67. The monoisotopic (exact) mass is 238 g/mol. The molecule has 2 N–H and O–H groups in total. The summed E-state index contributed by atoms with van der Waals surface area (Å²) in [7, 11) is 0. The number of nitrogens with zero attached hydrogens (tertiary/aromatic N) is 1. The molecule has 0 saturated heterocycles. The Morgan fingerprint density at radius 2 is 1.89 bits per heavy atom. The first-order valence-electron chi connectivity index (χ1n) is 5.76. The molecule has 0 aliphatic rings. The molecule has 0 aliphatic carbocycles. The highest BCUT2D eigenvalue weighted by Crippen LogP contribution is 2.22. The second-order valence-corrected chi connectivity index (χ2v) is 3.95. The van der Waals surface area contributed by atoms with Crippen LogP contribution in [0.5, 0.6) is 5.75 Å². The lowest BCUT2D eigenvalue weighted by molar-refractivity contribution is 0.323. The van der Waals surface area contributed by atoms with E-state index in [0.717, 1.165) is 6.42 Å². The first kappa shape index (κ1) is 12.0. The van der Waals surface area contributed by atoms with Gasteiger partial charge in [-0.3, -0.25) is 0 Å². The van der Waals surface area contributed by atoms with Gasteiger partial charge in [0, 0.05) is 6.42 Å². The summed E-state index contributed by atoms with van der Waals surface area (Å²) in [5.74, 6) is 0.630. The van der Waals surface area contributed by atoms with E-state index in [0.29, 0.717) is 23.6 Å². The van der Waals surface area contributed by atoms with Gasteiger partial charge in [-0.15, -0.1) is 0 Å². The zero-order chi connectivity index (χ0) is 12.8. The quantitative estimate of drug-likeness (QED) is 0.833. The zero-order valence-corrected chi connectivity index (χ0v) is 9.97. The van der Waals surface area contributed by atoms with Crippen molar-refractivity contribution in [1.29, 1.82) is 5.26 Å². The Morgan fingerprint density at radius 1 is 1.11 bits per heavy atom. The molecule has 3 nitrogen and oxygen atoms in total. The van der Waals surface area contributed by atoms with E-state index in [1.807, 2.05) is 24.3 Å². The number of hydrogen-bond donors (Lipinski definition) is 1. The molecule has 0 amide bonds. The molecule has 0 unspecified atom stereocenters. The van der Waals surface area contributed by atoms with Crippen LogP contribution in [0, 0.1) is 11.3 Å². The van der Waals surface area contributed by atoms with Crippen molar-refractivity contribution in [2.24, 2.45) is 0 Å². The summed E-state index contributed by atoms with van der Waals surface area (Å²) in [5, 5.41) is 8.73. The maximum Gasteiger partial charge on any atom is 0.142 e. The largest absolute Gasteiger partial charge is 0.491 e. The number of benzene rings is 2. The highest BCUT2D eigenvalue weighted by molar-refractivity contribution is 5.56. The number of anilines is 1. The third-order valence-electron chi connectivity index (χ3n) is 2.63. The highest BCUT2D eigenvalue weighted by atomic mass is 16.5. The molecule has 2 rings (SSSR count). The number of nitriles is 1. The SMILES string of the molecule is N#Cc1ccc(OCCc2ccccc2)c(N)c1. The van der Waals surface area contributed by atoms with Crippen LogP contribution in [-0.4, -0.2) is 6.61 Å². The number of hydrogen-bond acceptors (Lipinski definition) is 3. The highest BCUT2D eigenvalue weighted by Gasteiger charge is 2.01. The Balaban J connectivity index is 1.93. The minimum atomic E-state index is 0.502. The summed E-state index contributed by atoms with van der Waals surface area (Å²) in [4.78, 5) is 0. The molecule has 0 aromatic heterocycles. The van der Waals surface area contributed by atoms with Crippen LogP contribution in [0.4, 0.5) is 5.69 Å². The molecule has 90 valence electrons. The molecular weight excluding hydrogens is 224 g/mol. The summed E-state index contributed by atoms with van der Waals surface area (Å²) in [6, 6.07) is 17.2. The van der Waals surface area contributed by atoms with E-state index < -0.39 is 0 Å². The Kier molecular flexibility index (Phi) is 3.83. The normalized spacial score (nSPS) is 9.72. The van der Waals surface area contributed by atoms with Gasteiger partial charge in [0.25, 0.3) is 0 Å². The fraction of sp³-hybridized carbons (Fsp3) is 0.133. The molecule has 0 fully saturated rings. The van der Waals surface area contributed by atoms with Crippen molar-refractivity contribution in [3.05, 3.63) is 59.7 Å². The van der Waals surface area contributed by atoms with Crippen LogP contribution in [0.1, 0.15) is 11.1 Å². The van der Waals surface area contributed by atoms with E-state index in [1.165, 1.54) is 5.56 Å². The lowest BCUT2D eigenvalue weighted by atomic mass is 10.2. The predicted molar refractivity (Wildman–Crippen MR) is 71.2 cm³/mol. The second-order valence-electron chi connectivity index (χ2n) is 3.95. The maximum absolute atomic E-state index is 8.73. The van der Waals surface area contributed by atoms with Gasteiger partial charge in [0.15, 0.2) is 0 Å². The molecular formula is C15H14N2O. The Bertz CT molecular complexity index is 558. The second kappa shape index (κ2) is 5.74. The molecule has 18 heavy (non-hydrogen) atoms. The van der Waals surface area contributed by atoms with Crippen LogP contribution in [0.15, 0.2) is 48.5 Å². The van der Waals surface area contributed by atoms with Gasteiger partial charge in [-0.05, 0) is 23.8 Å². The van der Waals surface area contributed by atoms with Gasteiger partial charge in [0.1, 0.15) is 5.75 Å². The van der Waals surface area contributed by atoms with E-state index in [9.17, 15) is 0 Å². The first-order chi connectivity index (χ1) is 8.79. The van der Waals surface area contributed by atoms with E-state index >= 15 is 0 Å². The number of nitrogen functional groups attached to an aromatic ring is 1. The lowest BCUT2D eigenvalue weighted by Gasteiger charge is -2.08. The van der Waals surface area contributed by atoms with Crippen LogP contribution in [0.3, 0.4) is 0 Å². The standard InChI is InChI=1S/C15H14N2O/c16-11-13-6-7-15(14(17)10-13)18-9-8-12-4-2-1-3-5-12/h1-7,10H,8-9,17H2. The molecule has 2 aromatic carbocycles. The van der Waals surface area contributed by atoms with Crippen molar-refractivity contribution in [2.45, 2.75) is 6.42 Å². The summed E-state index contributed by atoms with van der Waals surface area (Å²) < 4.78 is 5.61. The molecule has 0 aliphatic heterocycles. The van der Waals surface area contributed by atoms with Gasteiger partial charge >= 0.3 is 0 Å². The minimum absolute atomic E-state index is 0.502. The van der Waals surface area contributed by atoms with Gasteiger partial charge in [0.05, 0.1) is 23.9 Å². The topological polar surface area (TPSA) is 59.0 Å².